The predicted molar refractivity (Wildman–Crippen MR) is 84.7 cm³/mol. The Hall–Kier alpha value is -0.830. The van der Waals surface area contributed by atoms with Gasteiger partial charge in [0.2, 0.25) is 0 Å². The Kier molecular flexibility index (Phi) is 5.70. The molecule has 0 spiro atoms. The van der Waals surface area contributed by atoms with Crippen molar-refractivity contribution in [1.29, 1.82) is 0 Å². The highest BCUT2D eigenvalue weighted by molar-refractivity contribution is 8.07. The van der Waals surface area contributed by atoms with Crippen molar-refractivity contribution in [2.45, 2.75) is 45.1 Å². The van der Waals surface area contributed by atoms with E-state index in [1.54, 1.807) is 26.1 Å². The van der Waals surface area contributed by atoms with Gasteiger partial charge in [-0.15, -0.1) is 0 Å². The molecule has 1 fully saturated rings. The van der Waals surface area contributed by atoms with Gasteiger partial charge in [-0.1, -0.05) is 0 Å². The predicted octanol–water partition coefficient (Wildman–Crippen LogP) is 1.16. The van der Waals surface area contributed by atoms with Crippen molar-refractivity contribution in [2.24, 2.45) is 0 Å². The average molecular weight is 349 g/mol. The molecule has 22 heavy (non-hydrogen) atoms. The second-order valence-corrected chi connectivity index (χ2v) is 8.04. The molecule has 0 saturated carbocycles. The second kappa shape index (κ2) is 7.16. The van der Waals surface area contributed by atoms with E-state index in [-0.39, 0.29) is 24.6 Å². The van der Waals surface area contributed by atoms with Crippen LogP contribution in [-0.4, -0.2) is 33.3 Å². The van der Waals surface area contributed by atoms with Crippen molar-refractivity contribution < 1.29 is 18.7 Å². The molecule has 2 rings (SSSR count). The minimum absolute atomic E-state index is 0.119. The number of hydrogen-bond donors (Lipinski definition) is 2. The molecule has 0 amide bonds. The monoisotopic (exact) mass is 349 g/mol. The fourth-order valence-electron chi connectivity index (χ4n) is 2.13. The van der Waals surface area contributed by atoms with Gasteiger partial charge in [-0.05, 0) is 44.6 Å². The Bertz CT molecular complexity index is 623. The summed E-state index contributed by atoms with van der Waals surface area (Å²) in [6.45, 7) is 0.400. The molecule has 1 aromatic rings. The van der Waals surface area contributed by atoms with Gasteiger partial charge in [0.25, 0.3) is 0 Å². The van der Waals surface area contributed by atoms with Crippen molar-refractivity contribution in [1.82, 2.24) is 9.55 Å². The van der Waals surface area contributed by atoms with Crippen molar-refractivity contribution in [3.05, 3.63) is 22.7 Å². The molecule has 1 saturated heterocycles. The van der Waals surface area contributed by atoms with Crippen LogP contribution in [0, 0.1) is 0 Å². The minimum Gasteiger partial charge on any atom is -0.383 e. The van der Waals surface area contributed by atoms with Gasteiger partial charge in [-0.3, -0.25) is 4.57 Å². The van der Waals surface area contributed by atoms with Crippen LogP contribution in [0.3, 0.4) is 0 Å². The number of aromatic nitrogens is 2. The molecule has 124 valence electrons. The molecule has 3 N–H and O–H groups in total. The van der Waals surface area contributed by atoms with Crippen LogP contribution in [0.4, 0.5) is 5.82 Å². The van der Waals surface area contributed by atoms with E-state index in [4.69, 9.17) is 31.3 Å². The molecule has 3 atom stereocenters. The van der Waals surface area contributed by atoms with Crippen LogP contribution in [0.25, 0.3) is 0 Å². The number of ether oxygens (including phenoxy) is 1. The van der Waals surface area contributed by atoms with Crippen molar-refractivity contribution in [3.63, 3.8) is 0 Å². The lowest BCUT2D eigenvalue weighted by Gasteiger charge is -2.20. The van der Waals surface area contributed by atoms with Crippen molar-refractivity contribution >= 4 is 24.3 Å². The van der Waals surface area contributed by atoms with E-state index >= 15 is 0 Å². The van der Waals surface area contributed by atoms with Gasteiger partial charge >= 0.3 is 12.4 Å². The summed E-state index contributed by atoms with van der Waals surface area (Å²) in [4.78, 5) is 25.3. The maximum Gasteiger partial charge on any atom is 0.351 e. The van der Waals surface area contributed by atoms with E-state index in [0.717, 1.165) is 0 Å². The van der Waals surface area contributed by atoms with Crippen LogP contribution in [0.5, 0.6) is 0 Å². The molecular weight excluding hydrogens is 329 g/mol. The van der Waals surface area contributed by atoms with E-state index < -0.39 is 18.6 Å². The fourth-order valence-corrected chi connectivity index (χ4v) is 3.78. The smallest absolute Gasteiger partial charge is 0.351 e. The summed E-state index contributed by atoms with van der Waals surface area (Å²) in [5.41, 5.74) is 5.00. The van der Waals surface area contributed by atoms with Crippen LogP contribution in [0.15, 0.2) is 17.1 Å². The van der Waals surface area contributed by atoms with Gasteiger partial charge in [0, 0.05) is 6.20 Å². The first-order valence-corrected chi connectivity index (χ1v) is 9.52. The Balaban J connectivity index is 1.90. The van der Waals surface area contributed by atoms with Crippen LogP contribution >= 0.6 is 6.72 Å². The third kappa shape index (κ3) is 4.84. The largest absolute Gasteiger partial charge is 0.383 e. The molecule has 1 aromatic heterocycles. The molecular formula is C12H20N3O5PS. The normalized spacial score (nSPS) is 24.5. The third-order valence-corrected chi connectivity index (χ3v) is 4.75. The van der Waals surface area contributed by atoms with Crippen molar-refractivity contribution in [3.8, 4) is 0 Å². The zero-order chi connectivity index (χ0) is 16.3. The highest BCUT2D eigenvalue weighted by Crippen LogP contribution is 2.45. The molecule has 2 heterocycles. The maximum atomic E-state index is 11.8. The number of rotatable bonds is 6. The number of nitrogens with two attached hydrogens (primary N) is 1. The van der Waals surface area contributed by atoms with Gasteiger partial charge in [-0.25, -0.2) is 4.79 Å². The quantitative estimate of drug-likeness (QED) is 0.737. The summed E-state index contributed by atoms with van der Waals surface area (Å²) < 4.78 is 17.6. The molecule has 0 bridgehead atoms. The first kappa shape index (κ1) is 17.5. The first-order chi connectivity index (χ1) is 10.3. The summed E-state index contributed by atoms with van der Waals surface area (Å²) in [5.74, 6) is 0.172. The van der Waals surface area contributed by atoms with E-state index in [9.17, 15) is 9.69 Å². The Morgan fingerprint density at radius 3 is 3.00 bits per heavy atom. The third-order valence-electron chi connectivity index (χ3n) is 3.01. The zero-order valence-electron chi connectivity index (χ0n) is 12.4. The van der Waals surface area contributed by atoms with E-state index in [0.29, 0.717) is 12.8 Å². The van der Waals surface area contributed by atoms with Crippen LogP contribution in [0.1, 0.15) is 32.9 Å². The highest BCUT2D eigenvalue weighted by Gasteiger charge is 2.29. The summed E-state index contributed by atoms with van der Waals surface area (Å²) >= 11 is 4.90. The van der Waals surface area contributed by atoms with Gasteiger partial charge in [0.05, 0.1) is 18.8 Å². The number of anilines is 1. The van der Waals surface area contributed by atoms with E-state index in [1.807, 2.05) is 0 Å². The van der Waals surface area contributed by atoms with Gasteiger partial charge in [-0.2, -0.15) is 4.98 Å². The molecule has 1 aliphatic rings. The lowest BCUT2D eigenvalue weighted by Crippen LogP contribution is -2.27. The molecule has 10 heteroatoms. The second-order valence-electron chi connectivity index (χ2n) is 5.25. The lowest BCUT2D eigenvalue weighted by atomic mass is 10.2. The van der Waals surface area contributed by atoms with Gasteiger partial charge in [0.15, 0.2) is 0 Å². The average Bonchev–Trinajstić information content (AvgIpc) is 2.83. The van der Waals surface area contributed by atoms with E-state index in [1.165, 1.54) is 4.57 Å². The summed E-state index contributed by atoms with van der Waals surface area (Å²) in [6.07, 6.45) is 1.97. The van der Waals surface area contributed by atoms with Crippen molar-refractivity contribution in [2.75, 3.05) is 12.3 Å². The number of nitrogen functional groups attached to an aromatic ring is 1. The zero-order valence-corrected chi connectivity index (χ0v) is 14.1. The van der Waals surface area contributed by atoms with E-state index in [2.05, 4.69) is 4.98 Å². The van der Waals surface area contributed by atoms with Crippen LogP contribution < -0.4 is 11.4 Å². The topological polar surface area (TPSA) is 109 Å². The van der Waals surface area contributed by atoms with Gasteiger partial charge < -0.3 is 24.4 Å². The molecule has 0 aromatic carbocycles. The standard InChI is InChI=1S/C12H20N3O5PS/c1-8(2)20-21(17,22)18-7-9-3-4-11(19-9)15-6-5-10(13)14-12(15)16/h5-6,8-9,11H,3-4,7H2,1-2H3,(H,17,22)(H2,13,14,16). The minimum atomic E-state index is -3.25. The summed E-state index contributed by atoms with van der Waals surface area (Å²) in [7, 11) is 0. The lowest BCUT2D eigenvalue weighted by molar-refractivity contribution is -0.0235. The Morgan fingerprint density at radius 1 is 1.64 bits per heavy atom. The van der Waals surface area contributed by atoms with Crippen LogP contribution in [-0.2, 0) is 25.6 Å². The Labute approximate surface area is 133 Å². The molecule has 8 nitrogen and oxygen atoms in total. The Morgan fingerprint density at radius 2 is 2.36 bits per heavy atom. The highest BCUT2D eigenvalue weighted by atomic mass is 32.5. The maximum absolute atomic E-state index is 11.8. The molecule has 0 radical (unpaired) electrons. The van der Waals surface area contributed by atoms with Crippen LogP contribution in [0.2, 0.25) is 0 Å². The fraction of sp³-hybridized carbons (Fsp3) is 0.667. The molecule has 1 aliphatic heterocycles. The van der Waals surface area contributed by atoms with Gasteiger partial charge in [0.1, 0.15) is 12.0 Å². The molecule has 0 aliphatic carbocycles. The summed E-state index contributed by atoms with van der Waals surface area (Å²) in [6, 6.07) is 1.54. The number of hydrogen-bond acceptors (Lipinski definition) is 7. The summed E-state index contributed by atoms with van der Waals surface area (Å²) in [5, 5.41) is 0. The SMILES string of the molecule is CC(C)OP(O)(=S)OCC1CCC(n2ccc(N)nc2=O)O1. The molecule has 3 unspecified atom stereocenters. The first-order valence-electron chi connectivity index (χ1n) is 6.92. The number of nitrogens with zero attached hydrogens (tertiary/aromatic N) is 2.